The van der Waals surface area contributed by atoms with Crippen molar-refractivity contribution in [3.63, 3.8) is 0 Å². The van der Waals surface area contributed by atoms with Crippen LogP contribution < -0.4 is 38.9 Å². The number of hydrogen-bond acceptors (Lipinski definition) is 6. The highest BCUT2D eigenvalue weighted by atomic mass is 127. The number of anilines is 2. The molecule has 3 heterocycles. The van der Waals surface area contributed by atoms with E-state index in [4.69, 9.17) is 27.9 Å². The van der Waals surface area contributed by atoms with Crippen molar-refractivity contribution in [2.75, 3.05) is 37.0 Å². The van der Waals surface area contributed by atoms with Crippen LogP contribution in [0, 0.1) is 0 Å². The number of allylic oxidation sites excluding steroid dienone is 11. The third-order valence-corrected chi connectivity index (χ3v) is 17.8. The zero-order chi connectivity index (χ0) is 59.4. The molecule has 0 saturated heterocycles. The van der Waals surface area contributed by atoms with Gasteiger partial charge in [-0.25, -0.2) is 0 Å². The molecule has 0 bridgehead atoms. The van der Waals surface area contributed by atoms with E-state index >= 15 is 0 Å². The van der Waals surface area contributed by atoms with Crippen molar-refractivity contribution in [3.05, 3.63) is 212 Å². The van der Waals surface area contributed by atoms with E-state index in [0.717, 1.165) is 108 Å². The second-order valence-electron chi connectivity index (χ2n) is 22.7. The molecule has 0 aromatic heterocycles. The van der Waals surface area contributed by atoms with Gasteiger partial charge in [-0.2, -0.15) is 9.15 Å². The minimum Gasteiger partial charge on any atom is -1.00 e. The molecule has 13 heteroatoms. The third kappa shape index (κ3) is 15.1. The van der Waals surface area contributed by atoms with Crippen molar-refractivity contribution in [1.29, 1.82) is 0 Å². The number of benzene rings is 5. The summed E-state index contributed by atoms with van der Waals surface area (Å²) in [6.45, 7) is 25.4. The summed E-state index contributed by atoms with van der Waals surface area (Å²) in [5.74, 6) is 0.893. The molecule has 0 amide bonds. The van der Waals surface area contributed by atoms with Crippen molar-refractivity contribution in [2.24, 2.45) is 4.99 Å². The predicted molar refractivity (Wildman–Crippen MR) is 356 cm³/mol. The minimum absolute atomic E-state index is 0. The number of hydrogen-bond donors (Lipinski definition) is 3. The van der Waals surface area contributed by atoms with Crippen LogP contribution in [0.15, 0.2) is 189 Å². The van der Waals surface area contributed by atoms with Gasteiger partial charge in [0.1, 0.15) is 18.8 Å². The van der Waals surface area contributed by atoms with Crippen molar-refractivity contribution < 1.29 is 48.1 Å². The van der Waals surface area contributed by atoms with E-state index in [0.29, 0.717) is 0 Å². The number of ether oxygens (including phenoxy) is 1. The molecule has 0 unspecified atom stereocenters. The molecule has 5 aliphatic rings. The summed E-state index contributed by atoms with van der Waals surface area (Å²) in [6.07, 6.45) is 19.0. The Kier molecular flexibility index (Phi) is 25.6. The lowest BCUT2D eigenvalue weighted by molar-refractivity contribution is -0.434. The molecule has 0 atom stereocenters. The van der Waals surface area contributed by atoms with Crippen molar-refractivity contribution >= 4 is 84.8 Å². The average Bonchev–Trinajstić information content (AvgIpc) is 3.82. The molecule has 84 heavy (non-hydrogen) atoms. The zero-order valence-electron chi connectivity index (χ0n) is 50.6. The maximum absolute atomic E-state index is 9.72. The molecule has 5 aromatic carbocycles. The number of aliphatic imine (C=N–C) groups is 1. The Morgan fingerprint density at radius 1 is 0.655 bits per heavy atom. The Balaban J connectivity index is 0.000000252. The van der Waals surface area contributed by atoms with Crippen molar-refractivity contribution in [1.82, 2.24) is 0 Å². The molecule has 3 N–H and O–H groups in total. The predicted octanol–water partition coefficient (Wildman–Crippen LogP) is 14.0. The maximum atomic E-state index is 9.72. The number of fused-ring (bicyclic) bond motifs is 3. The van der Waals surface area contributed by atoms with Crippen LogP contribution >= 0.6 is 23.2 Å². The van der Waals surface area contributed by atoms with Gasteiger partial charge < -0.3 is 49.1 Å². The fourth-order valence-electron chi connectivity index (χ4n) is 11.9. The fourth-order valence-corrected chi connectivity index (χ4v) is 12.5. The molecule has 0 fully saturated rings. The number of para-hydroxylation sites is 2. The molecular formula is C71H87B2Cl2IN5O3+. The number of nitrogens with one attached hydrogen (secondary N) is 1. The van der Waals surface area contributed by atoms with Crippen LogP contribution in [-0.2, 0) is 29.5 Å². The average molecular weight is 1280 g/mol. The molecule has 440 valence electrons. The normalized spacial score (nSPS) is 18.6. The van der Waals surface area contributed by atoms with Gasteiger partial charge in [0.15, 0.2) is 11.4 Å². The Morgan fingerprint density at radius 2 is 1.21 bits per heavy atom. The lowest BCUT2D eigenvalue weighted by atomic mass is 9.81. The van der Waals surface area contributed by atoms with Crippen LogP contribution in [-0.4, -0.2) is 79.2 Å². The second-order valence-corrected chi connectivity index (χ2v) is 23.5. The SMILES string of the molecule is C.CCN1C(=CC=C2CCCC(C=CC3=[N+](CC)c4ccc(OC)cc4C3(C)C)=C2Cl)C(C)(C)c2cc(CO)ccc21.CC[N+]1=C(C)C(C)(C)c2cc(CO)ccc21.ClC1=C(C=Nc2ccccc2)CCC/C1=C\Nc1ccccc1.[B][B].[I-]. The summed E-state index contributed by atoms with van der Waals surface area (Å²) in [6, 6.07) is 39.0. The van der Waals surface area contributed by atoms with Gasteiger partial charge in [0.2, 0.25) is 11.4 Å². The van der Waals surface area contributed by atoms with E-state index < -0.39 is 0 Å². The zero-order valence-corrected chi connectivity index (χ0v) is 54.3. The molecule has 4 radical (unpaired) electrons. The van der Waals surface area contributed by atoms with Gasteiger partial charge in [-0.1, -0.05) is 111 Å². The number of nitrogens with zero attached hydrogens (tertiary/aromatic N) is 4. The van der Waals surface area contributed by atoms with Gasteiger partial charge in [0.25, 0.3) is 0 Å². The Bertz CT molecular complexity index is 3390. The van der Waals surface area contributed by atoms with E-state index in [1.54, 1.807) is 7.11 Å². The summed E-state index contributed by atoms with van der Waals surface area (Å²) in [5, 5.41) is 23.9. The lowest BCUT2D eigenvalue weighted by Gasteiger charge is -2.26. The molecule has 0 saturated carbocycles. The molecular weight excluding hydrogens is 1190 g/mol. The Morgan fingerprint density at radius 3 is 1.83 bits per heavy atom. The van der Waals surface area contributed by atoms with Gasteiger partial charge >= 0.3 is 0 Å². The summed E-state index contributed by atoms with van der Waals surface area (Å²) in [7, 11) is 9.73. The third-order valence-electron chi connectivity index (χ3n) is 16.8. The minimum atomic E-state index is -0.160. The number of rotatable bonds is 13. The molecule has 0 spiro atoms. The van der Waals surface area contributed by atoms with Gasteiger partial charge in [0.05, 0.1) is 36.8 Å². The van der Waals surface area contributed by atoms with E-state index in [9.17, 15) is 10.2 Å². The Labute approximate surface area is 533 Å². The highest BCUT2D eigenvalue weighted by Gasteiger charge is 2.45. The largest absolute Gasteiger partial charge is 1.00 e. The smallest absolute Gasteiger partial charge is 0.210 e. The van der Waals surface area contributed by atoms with Gasteiger partial charge in [-0.3, -0.25) is 4.99 Å². The van der Waals surface area contributed by atoms with E-state index in [2.05, 4.69) is 170 Å². The first-order valence-electron chi connectivity index (χ1n) is 28.9. The molecule has 5 aromatic rings. The molecule has 3 aliphatic heterocycles. The number of likely N-dealkylation sites (N-methyl/N-ethyl adjacent to an activating group) is 1. The number of halogens is 3. The summed E-state index contributed by atoms with van der Waals surface area (Å²) < 4.78 is 10.3. The van der Waals surface area contributed by atoms with E-state index in [1.165, 1.54) is 62.0 Å². The Hall–Kier alpha value is -5.69. The van der Waals surface area contributed by atoms with Crippen LogP contribution in [0.2, 0.25) is 0 Å². The lowest BCUT2D eigenvalue weighted by Crippen LogP contribution is -3.00. The topological polar surface area (TPSA) is 83.3 Å². The second kappa shape index (κ2) is 31.1. The highest BCUT2D eigenvalue weighted by molar-refractivity contribution is 6.75. The first-order valence-corrected chi connectivity index (χ1v) is 29.7. The summed E-state index contributed by atoms with van der Waals surface area (Å²) in [4.78, 5) is 6.91. The summed E-state index contributed by atoms with van der Waals surface area (Å²) >= 11 is 13.7. The standard InChI is InChI=1S/C36H44ClN2O2.C20H19ClN2.C14H20NO.CH4.B2.HI/c1-8-38-30-17-13-24(23-40)21-28(30)35(3,4)32(38)19-14-25-11-10-12-26(34(25)37)15-20-33-36(5,6)29-22-27(41-7)16-18-31(29)39(33)9-2;21-20-16(14-22-18-10-3-1-4-11-18)8-7-9-17(20)15-23-19-12-5-2-6-13-19;1-5-15-10(2)14(3,4)12-8-11(9-16)6-7-13(12)15;;1-2;/h13-22,40H,8-12,23H2,1-7H3;1-6,10-15,22H,7-9H2;6-8,16H,5,9H2,1-4H3;1H4;;1H/q+1;;+1;;;/p-1/b;16-14+,23-15?;;;;. The van der Waals surface area contributed by atoms with Crippen LogP contribution in [0.3, 0.4) is 0 Å². The molecule has 8 nitrogen and oxygen atoms in total. The van der Waals surface area contributed by atoms with E-state index in [1.807, 2.05) is 91.3 Å². The first kappa shape index (κ1) is 69.1. The highest BCUT2D eigenvalue weighted by Crippen LogP contribution is 2.49. The van der Waals surface area contributed by atoms with Gasteiger partial charge in [0, 0.05) is 103 Å². The van der Waals surface area contributed by atoms with E-state index in [-0.39, 0.29) is 60.9 Å². The maximum Gasteiger partial charge on any atom is 0.210 e. The van der Waals surface area contributed by atoms with Crippen LogP contribution in [0.4, 0.5) is 28.4 Å². The number of methoxy groups -OCH3 is 1. The summed E-state index contributed by atoms with van der Waals surface area (Å²) in [5.41, 5.74) is 20.0. The number of aliphatic hydroxyl groups is 2. The van der Waals surface area contributed by atoms with Crippen molar-refractivity contribution in [2.45, 2.75) is 145 Å². The van der Waals surface area contributed by atoms with Crippen molar-refractivity contribution in [3.8, 4) is 5.75 Å². The molecule has 10 rings (SSSR count). The van der Waals surface area contributed by atoms with Crippen LogP contribution in [0.25, 0.3) is 0 Å². The molecule has 2 aliphatic carbocycles. The van der Waals surface area contributed by atoms with Crippen LogP contribution in [0.1, 0.15) is 143 Å². The monoisotopic (exact) mass is 1280 g/mol. The van der Waals surface area contributed by atoms with Crippen LogP contribution in [0.5, 0.6) is 5.75 Å². The quantitative estimate of drug-likeness (QED) is 0.0474. The fraction of sp³-hybridized carbons (Fsp3) is 0.366. The number of aliphatic hydroxyl groups excluding tert-OH is 2. The first-order chi connectivity index (χ1) is 39.4. The van der Waals surface area contributed by atoms with Gasteiger partial charge in [-0.15, -0.1) is 0 Å². The van der Waals surface area contributed by atoms with Gasteiger partial charge in [-0.05, 0) is 181 Å².